The van der Waals surface area contributed by atoms with Gasteiger partial charge in [-0.1, -0.05) is 0 Å². The van der Waals surface area contributed by atoms with E-state index in [4.69, 9.17) is 0 Å². The predicted octanol–water partition coefficient (Wildman–Crippen LogP) is 1.41. The highest BCUT2D eigenvalue weighted by molar-refractivity contribution is 4.97. The maximum Gasteiger partial charge on any atom is 0.125 e. The number of rotatable bonds is 6. The van der Waals surface area contributed by atoms with E-state index < -0.39 is 0 Å². The fraction of sp³-hybridized carbons (Fsp3) is 0.750. The van der Waals surface area contributed by atoms with Crippen molar-refractivity contribution in [3.63, 3.8) is 0 Å². The molecule has 0 spiro atoms. The van der Waals surface area contributed by atoms with Gasteiger partial charge in [0.1, 0.15) is 5.82 Å². The van der Waals surface area contributed by atoms with Crippen molar-refractivity contribution in [2.45, 2.75) is 32.4 Å². The molecular formula is C12H24N4. The van der Waals surface area contributed by atoms with E-state index in [-0.39, 0.29) is 0 Å². The molecule has 1 rings (SSSR count). The van der Waals surface area contributed by atoms with E-state index in [1.807, 2.05) is 19.4 Å². The third kappa shape index (κ3) is 3.94. The Morgan fingerprint density at radius 3 is 2.62 bits per heavy atom. The Bertz CT molecular complexity index is 306. The molecule has 0 aliphatic rings. The van der Waals surface area contributed by atoms with Crippen molar-refractivity contribution in [3.8, 4) is 0 Å². The Kier molecular flexibility index (Phi) is 4.96. The monoisotopic (exact) mass is 224 g/mol. The number of nitrogens with one attached hydrogen (secondary N) is 1. The topological polar surface area (TPSA) is 33.1 Å². The molecule has 2 atom stereocenters. The van der Waals surface area contributed by atoms with Crippen LogP contribution in [0.15, 0.2) is 12.4 Å². The fourth-order valence-electron chi connectivity index (χ4n) is 1.83. The summed E-state index contributed by atoms with van der Waals surface area (Å²) in [5.74, 6) is 1.09. The number of aryl methyl sites for hydroxylation is 1. The maximum absolute atomic E-state index is 4.35. The van der Waals surface area contributed by atoms with E-state index in [2.05, 4.69) is 47.7 Å². The molecule has 0 fully saturated rings. The molecule has 0 aliphatic carbocycles. The lowest BCUT2D eigenvalue weighted by Gasteiger charge is -2.21. The van der Waals surface area contributed by atoms with Crippen LogP contribution < -0.4 is 5.32 Å². The summed E-state index contributed by atoms with van der Waals surface area (Å²) in [4.78, 5) is 6.57. The average Bonchev–Trinajstić information content (AvgIpc) is 2.61. The zero-order valence-electron chi connectivity index (χ0n) is 11.1. The minimum Gasteiger partial charge on any atom is -0.337 e. The van der Waals surface area contributed by atoms with Crippen molar-refractivity contribution in [1.29, 1.82) is 0 Å². The Hall–Kier alpha value is -0.870. The second-order valence-corrected chi connectivity index (χ2v) is 4.78. The van der Waals surface area contributed by atoms with Gasteiger partial charge in [-0.2, -0.15) is 0 Å². The molecule has 1 aromatic rings. The number of imidazole rings is 1. The van der Waals surface area contributed by atoms with E-state index >= 15 is 0 Å². The van der Waals surface area contributed by atoms with Crippen LogP contribution in [0.1, 0.15) is 32.1 Å². The number of hydrogen-bond acceptors (Lipinski definition) is 3. The standard InChI is InChI=1S/C12H24N4/c1-10(6-8-15(3)4)14-11(2)12-13-7-9-16(12)5/h7,9-11,14H,6,8H2,1-5H3. The van der Waals surface area contributed by atoms with Gasteiger partial charge < -0.3 is 14.8 Å². The lowest BCUT2D eigenvalue weighted by molar-refractivity contribution is 0.350. The first-order valence-corrected chi connectivity index (χ1v) is 5.88. The van der Waals surface area contributed by atoms with Crippen LogP contribution in [0.25, 0.3) is 0 Å². The van der Waals surface area contributed by atoms with Crippen molar-refractivity contribution in [1.82, 2.24) is 19.8 Å². The summed E-state index contributed by atoms with van der Waals surface area (Å²) < 4.78 is 2.07. The van der Waals surface area contributed by atoms with Gasteiger partial charge in [-0.25, -0.2) is 4.98 Å². The minimum atomic E-state index is 0.303. The zero-order chi connectivity index (χ0) is 12.1. The number of aromatic nitrogens is 2. The van der Waals surface area contributed by atoms with Crippen molar-refractivity contribution in [3.05, 3.63) is 18.2 Å². The highest BCUT2D eigenvalue weighted by atomic mass is 15.1. The van der Waals surface area contributed by atoms with Crippen molar-refractivity contribution >= 4 is 0 Å². The molecule has 0 aliphatic heterocycles. The van der Waals surface area contributed by atoms with E-state index in [0.29, 0.717) is 12.1 Å². The Labute approximate surface area is 98.7 Å². The molecule has 2 unspecified atom stereocenters. The van der Waals surface area contributed by atoms with E-state index in [0.717, 1.165) is 18.8 Å². The molecule has 0 saturated carbocycles. The van der Waals surface area contributed by atoms with Crippen LogP contribution in [0, 0.1) is 0 Å². The fourth-order valence-corrected chi connectivity index (χ4v) is 1.83. The Morgan fingerprint density at radius 1 is 1.44 bits per heavy atom. The first-order chi connectivity index (χ1) is 7.50. The van der Waals surface area contributed by atoms with Gasteiger partial charge in [0.25, 0.3) is 0 Å². The molecule has 0 bridgehead atoms. The normalized spacial score (nSPS) is 15.4. The van der Waals surface area contributed by atoms with E-state index in [9.17, 15) is 0 Å². The molecule has 1 N–H and O–H groups in total. The quantitative estimate of drug-likeness (QED) is 0.793. The van der Waals surface area contributed by atoms with Crippen molar-refractivity contribution in [2.24, 2.45) is 7.05 Å². The summed E-state index contributed by atoms with van der Waals surface area (Å²) in [6, 6.07) is 0.811. The molecule has 4 nitrogen and oxygen atoms in total. The lowest BCUT2D eigenvalue weighted by atomic mass is 10.2. The lowest BCUT2D eigenvalue weighted by Crippen LogP contribution is -2.32. The molecule has 0 amide bonds. The molecule has 92 valence electrons. The minimum absolute atomic E-state index is 0.303. The van der Waals surface area contributed by atoms with Gasteiger partial charge in [0.05, 0.1) is 6.04 Å². The number of hydrogen-bond donors (Lipinski definition) is 1. The summed E-state index contributed by atoms with van der Waals surface area (Å²) in [6.07, 6.45) is 4.98. The predicted molar refractivity (Wildman–Crippen MR) is 67.4 cm³/mol. The average molecular weight is 224 g/mol. The summed E-state index contributed by atoms with van der Waals surface area (Å²) >= 11 is 0. The van der Waals surface area contributed by atoms with Gasteiger partial charge in [-0.15, -0.1) is 0 Å². The van der Waals surface area contributed by atoms with Gasteiger partial charge in [-0.3, -0.25) is 0 Å². The highest BCUT2D eigenvalue weighted by Crippen LogP contribution is 2.10. The molecule has 16 heavy (non-hydrogen) atoms. The van der Waals surface area contributed by atoms with Crippen LogP contribution >= 0.6 is 0 Å². The molecule has 1 aromatic heterocycles. The van der Waals surface area contributed by atoms with Crippen LogP contribution in [0.2, 0.25) is 0 Å². The van der Waals surface area contributed by atoms with Crippen LogP contribution in [0.4, 0.5) is 0 Å². The van der Waals surface area contributed by atoms with E-state index in [1.54, 1.807) is 0 Å². The van der Waals surface area contributed by atoms with Crippen LogP contribution in [0.3, 0.4) is 0 Å². The highest BCUT2D eigenvalue weighted by Gasteiger charge is 2.12. The van der Waals surface area contributed by atoms with Gasteiger partial charge in [0.2, 0.25) is 0 Å². The van der Waals surface area contributed by atoms with Crippen LogP contribution in [-0.4, -0.2) is 41.1 Å². The van der Waals surface area contributed by atoms with Crippen molar-refractivity contribution < 1.29 is 0 Å². The Morgan fingerprint density at radius 2 is 2.12 bits per heavy atom. The summed E-state index contributed by atoms with van der Waals surface area (Å²) in [5, 5.41) is 3.57. The van der Waals surface area contributed by atoms with Gasteiger partial charge in [-0.05, 0) is 40.9 Å². The molecule has 0 aromatic carbocycles. The summed E-state index contributed by atoms with van der Waals surface area (Å²) in [6.45, 7) is 5.50. The first-order valence-electron chi connectivity index (χ1n) is 5.88. The van der Waals surface area contributed by atoms with Gasteiger partial charge >= 0.3 is 0 Å². The SMILES string of the molecule is CC(CCN(C)C)NC(C)c1nccn1C. The third-order valence-corrected chi connectivity index (χ3v) is 2.79. The van der Waals surface area contributed by atoms with Crippen molar-refractivity contribution in [2.75, 3.05) is 20.6 Å². The second kappa shape index (κ2) is 6.01. The summed E-state index contributed by atoms with van der Waals surface area (Å²) in [7, 11) is 6.24. The Balaban J connectivity index is 2.39. The second-order valence-electron chi connectivity index (χ2n) is 4.78. The molecular weight excluding hydrogens is 200 g/mol. The first kappa shape index (κ1) is 13.2. The maximum atomic E-state index is 4.35. The van der Waals surface area contributed by atoms with Gasteiger partial charge in [0.15, 0.2) is 0 Å². The van der Waals surface area contributed by atoms with Crippen LogP contribution in [-0.2, 0) is 7.05 Å². The number of nitrogens with zero attached hydrogens (tertiary/aromatic N) is 3. The molecule has 1 heterocycles. The smallest absolute Gasteiger partial charge is 0.125 e. The zero-order valence-corrected chi connectivity index (χ0v) is 11.1. The van der Waals surface area contributed by atoms with Gasteiger partial charge in [0, 0.05) is 25.5 Å². The molecule has 0 radical (unpaired) electrons. The van der Waals surface area contributed by atoms with E-state index in [1.165, 1.54) is 0 Å². The molecule has 0 saturated heterocycles. The summed E-state index contributed by atoms with van der Waals surface area (Å²) in [5.41, 5.74) is 0. The van der Waals surface area contributed by atoms with Crippen LogP contribution in [0.5, 0.6) is 0 Å². The third-order valence-electron chi connectivity index (χ3n) is 2.79. The molecule has 4 heteroatoms. The largest absolute Gasteiger partial charge is 0.337 e.